The summed E-state index contributed by atoms with van der Waals surface area (Å²) < 4.78 is 0. The lowest BCUT2D eigenvalue weighted by Gasteiger charge is -2.19. The van der Waals surface area contributed by atoms with Gasteiger partial charge >= 0.3 is 12.0 Å². The van der Waals surface area contributed by atoms with Crippen LogP contribution < -0.4 is 10.2 Å². The first kappa shape index (κ1) is 15.7. The van der Waals surface area contributed by atoms with E-state index in [0.29, 0.717) is 23.0 Å². The Kier molecular flexibility index (Phi) is 5.12. The van der Waals surface area contributed by atoms with Crippen molar-refractivity contribution in [1.29, 1.82) is 0 Å². The van der Waals surface area contributed by atoms with Gasteiger partial charge in [0.1, 0.15) is 5.92 Å². The monoisotopic (exact) mass is 308 g/mol. The maximum Gasteiger partial charge on any atom is 0.321 e. The lowest BCUT2D eigenvalue weighted by molar-refractivity contribution is -0.138. The van der Waals surface area contributed by atoms with E-state index in [1.807, 2.05) is 12.3 Å². The number of anilines is 1. The summed E-state index contributed by atoms with van der Waals surface area (Å²) in [6, 6.07) is 6.97. The first-order chi connectivity index (χ1) is 10.0. The Balaban J connectivity index is 2.04. The number of urea groups is 1. The summed E-state index contributed by atoms with van der Waals surface area (Å²) in [5.41, 5.74) is 1.40. The Morgan fingerprint density at radius 3 is 2.86 bits per heavy atom. The van der Waals surface area contributed by atoms with Crippen LogP contribution in [0.5, 0.6) is 0 Å². The third kappa shape index (κ3) is 3.50. The molecule has 2 N–H and O–H groups in total. The molecule has 0 spiro atoms. The summed E-state index contributed by atoms with van der Waals surface area (Å²) in [5, 5.41) is 12.6. The molecule has 2 rings (SSSR count). The van der Waals surface area contributed by atoms with Gasteiger partial charge in [-0.1, -0.05) is 25.1 Å². The SMILES string of the molecule is CSC(C)CCNC(=O)N1CC(C(=O)O)c2ccccc21. The molecule has 1 aromatic carbocycles. The van der Waals surface area contributed by atoms with Crippen molar-refractivity contribution in [1.82, 2.24) is 5.32 Å². The zero-order valence-electron chi connectivity index (χ0n) is 12.2. The van der Waals surface area contributed by atoms with Crippen molar-refractivity contribution < 1.29 is 14.7 Å². The van der Waals surface area contributed by atoms with Crippen LogP contribution in [-0.2, 0) is 4.79 Å². The van der Waals surface area contributed by atoms with Crippen molar-refractivity contribution in [3.63, 3.8) is 0 Å². The van der Waals surface area contributed by atoms with Crippen molar-refractivity contribution in [3.05, 3.63) is 29.8 Å². The molecular formula is C15H20N2O3S. The number of para-hydroxylation sites is 1. The van der Waals surface area contributed by atoms with E-state index in [1.54, 1.807) is 30.0 Å². The molecule has 2 amide bonds. The molecule has 0 saturated heterocycles. The topological polar surface area (TPSA) is 69.6 Å². The molecule has 0 aromatic heterocycles. The number of hydrogen-bond acceptors (Lipinski definition) is 3. The second-order valence-corrected chi connectivity index (χ2v) is 6.40. The first-order valence-corrected chi connectivity index (χ1v) is 8.23. The minimum atomic E-state index is -0.895. The third-order valence-electron chi connectivity index (χ3n) is 3.74. The molecule has 114 valence electrons. The van der Waals surface area contributed by atoms with E-state index in [9.17, 15) is 14.7 Å². The fourth-order valence-electron chi connectivity index (χ4n) is 2.41. The number of benzene rings is 1. The van der Waals surface area contributed by atoms with Crippen LogP contribution in [0.25, 0.3) is 0 Å². The van der Waals surface area contributed by atoms with Crippen LogP contribution in [0.15, 0.2) is 24.3 Å². The van der Waals surface area contributed by atoms with Crippen LogP contribution in [0.2, 0.25) is 0 Å². The molecule has 0 bridgehead atoms. The van der Waals surface area contributed by atoms with Crippen LogP contribution in [0.1, 0.15) is 24.8 Å². The summed E-state index contributed by atoms with van der Waals surface area (Å²) in [6.07, 6.45) is 2.94. The molecule has 1 aliphatic heterocycles. The number of amides is 2. The van der Waals surface area contributed by atoms with Crippen molar-refractivity contribution in [2.75, 3.05) is 24.2 Å². The van der Waals surface area contributed by atoms with Gasteiger partial charge in [-0.15, -0.1) is 0 Å². The van der Waals surface area contributed by atoms with Crippen LogP contribution >= 0.6 is 11.8 Å². The van der Waals surface area contributed by atoms with Gasteiger partial charge in [0.15, 0.2) is 0 Å². The highest BCUT2D eigenvalue weighted by Gasteiger charge is 2.36. The van der Waals surface area contributed by atoms with Crippen LogP contribution in [-0.4, -0.2) is 41.7 Å². The number of carbonyl (C=O) groups excluding carboxylic acids is 1. The predicted molar refractivity (Wildman–Crippen MR) is 85.2 cm³/mol. The number of carboxylic acids is 1. The molecule has 5 nitrogen and oxygen atoms in total. The predicted octanol–water partition coefficient (Wildman–Crippen LogP) is 2.53. The molecule has 0 fully saturated rings. The molecule has 1 aliphatic rings. The first-order valence-electron chi connectivity index (χ1n) is 6.94. The Labute approximate surface area is 128 Å². The summed E-state index contributed by atoms with van der Waals surface area (Å²) in [5.74, 6) is -1.54. The van der Waals surface area contributed by atoms with Crippen LogP contribution in [0, 0.1) is 0 Å². The summed E-state index contributed by atoms with van der Waals surface area (Å²) in [6.45, 7) is 2.90. The highest BCUT2D eigenvalue weighted by Crippen LogP contribution is 2.36. The third-order valence-corrected chi connectivity index (χ3v) is 4.78. The van der Waals surface area contributed by atoms with Gasteiger partial charge in [0.05, 0.1) is 0 Å². The molecule has 2 unspecified atom stereocenters. The van der Waals surface area contributed by atoms with E-state index in [0.717, 1.165) is 6.42 Å². The zero-order valence-corrected chi connectivity index (χ0v) is 13.0. The minimum absolute atomic E-state index is 0.193. The molecular weight excluding hydrogens is 288 g/mol. The average Bonchev–Trinajstić information content (AvgIpc) is 2.86. The fourth-order valence-corrected chi connectivity index (χ4v) is 2.76. The smallest absolute Gasteiger partial charge is 0.321 e. The Bertz CT molecular complexity index is 535. The van der Waals surface area contributed by atoms with Crippen molar-refractivity contribution in [2.45, 2.75) is 24.5 Å². The highest BCUT2D eigenvalue weighted by atomic mass is 32.2. The van der Waals surface area contributed by atoms with Crippen molar-refractivity contribution in [3.8, 4) is 0 Å². The molecule has 2 atom stereocenters. The molecule has 6 heteroatoms. The van der Waals surface area contributed by atoms with E-state index in [4.69, 9.17) is 0 Å². The van der Waals surface area contributed by atoms with E-state index in [2.05, 4.69) is 12.2 Å². The van der Waals surface area contributed by atoms with E-state index in [-0.39, 0.29) is 12.6 Å². The zero-order chi connectivity index (χ0) is 15.4. The second-order valence-electron chi connectivity index (χ2n) is 5.13. The van der Waals surface area contributed by atoms with Crippen molar-refractivity contribution in [2.24, 2.45) is 0 Å². The normalized spacial score (nSPS) is 18.2. The number of nitrogens with one attached hydrogen (secondary N) is 1. The van der Waals surface area contributed by atoms with Crippen molar-refractivity contribution >= 4 is 29.4 Å². The molecule has 0 aliphatic carbocycles. The van der Waals surface area contributed by atoms with Gasteiger partial charge in [0, 0.05) is 24.0 Å². The maximum absolute atomic E-state index is 12.3. The minimum Gasteiger partial charge on any atom is -0.481 e. The maximum atomic E-state index is 12.3. The van der Waals surface area contributed by atoms with Crippen LogP contribution in [0.3, 0.4) is 0 Å². The number of hydrogen-bond donors (Lipinski definition) is 2. The molecule has 1 heterocycles. The molecule has 0 saturated carbocycles. The summed E-state index contributed by atoms with van der Waals surface area (Å²) in [7, 11) is 0. The number of nitrogens with zero attached hydrogens (tertiary/aromatic N) is 1. The number of carboxylic acid groups (broad SMARTS) is 1. The number of thioether (sulfide) groups is 1. The van der Waals surface area contributed by atoms with Gasteiger partial charge in [0.2, 0.25) is 0 Å². The Hall–Kier alpha value is -1.69. The van der Waals surface area contributed by atoms with Gasteiger partial charge in [-0.2, -0.15) is 11.8 Å². The number of carbonyl (C=O) groups is 2. The standard InChI is InChI=1S/C15H20N2O3S/c1-10(21-2)7-8-16-15(20)17-9-12(14(18)19)11-5-3-4-6-13(11)17/h3-6,10,12H,7-9H2,1-2H3,(H,16,20)(H,18,19). The quantitative estimate of drug-likeness (QED) is 0.877. The molecule has 21 heavy (non-hydrogen) atoms. The van der Waals surface area contributed by atoms with E-state index in [1.165, 1.54) is 4.90 Å². The lowest BCUT2D eigenvalue weighted by atomic mass is 10.0. The van der Waals surface area contributed by atoms with Gasteiger partial charge in [-0.05, 0) is 24.3 Å². The second kappa shape index (κ2) is 6.85. The largest absolute Gasteiger partial charge is 0.481 e. The number of aliphatic carboxylic acids is 1. The van der Waals surface area contributed by atoms with Gasteiger partial charge in [-0.3, -0.25) is 9.69 Å². The number of fused-ring (bicyclic) bond motifs is 1. The van der Waals surface area contributed by atoms with Gasteiger partial charge in [0.25, 0.3) is 0 Å². The Morgan fingerprint density at radius 2 is 2.19 bits per heavy atom. The van der Waals surface area contributed by atoms with E-state index < -0.39 is 11.9 Å². The van der Waals surface area contributed by atoms with Gasteiger partial charge in [-0.25, -0.2) is 4.79 Å². The van der Waals surface area contributed by atoms with Gasteiger partial charge < -0.3 is 10.4 Å². The fraction of sp³-hybridized carbons (Fsp3) is 0.467. The highest BCUT2D eigenvalue weighted by molar-refractivity contribution is 7.99. The van der Waals surface area contributed by atoms with E-state index >= 15 is 0 Å². The Morgan fingerprint density at radius 1 is 1.48 bits per heavy atom. The summed E-state index contributed by atoms with van der Waals surface area (Å²) in [4.78, 5) is 25.1. The number of rotatable bonds is 5. The molecule has 1 aromatic rings. The summed E-state index contributed by atoms with van der Waals surface area (Å²) >= 11 is 1.76. The lowest BCUT2D eigenvalue weighted by Crippen LogP contribution is -2.40. The van der Waals surface area contributed by atoms with Crippen LogP contribution in [0.4, 0.5) is 10.5 Å². The average molecular weight is 308 g/mol. The molecule has 0 radical (unpaired) electrons.